The van der Waals surface area contributed by atoms with E-state index in [0.717, 1.165) is 0 Å². The molecule has 0 spiro atoms. The molecule has 0 N–H and O–H groups in total. The molecule has 4 fully saturated rings. The maximum absolute atomic E-state index is 6.47. The lowest BCUT2D eigenvalue weighted by atomic mass is 9.71. The van der Waals surface area contributed by atoms with Crippen LogP contribution in [0.15, 0.2) is 60.7 Å². The van der Waals surface area contributed by atoms with E-state index in [1.165, 1.54) is 17.5 Å². The molecule has 2 aliphatic heterocycles. The number of benzene rings is 2. The first-order valence-electron chi connectivity index (χ1n) is 10.1. The Hall–Kier alpha value is -1.72. The molecule has 2 bridgehead atoms. The highest BCUT2D eigenvalue weighted by atomic mass is 16.7. The number of rotatable bonds is 2. The van der Waals surface area contributed by atoms with Gasteiger partial charge < -0.3 is 0 Å². The summed E-state index contributed by atoms with van der Waals surface area (Å²) in [6.07, 6.45) is 1.86. The van der Waals surface area contributed by atoms with E-state index in [1.54, 1.807) is 0 Å². The van der Waals surface area contributed by atoms with Crippen molar-refractivity contribution in [2.75, 3.05) is 14.1 Å². The summed E-state index contributed by atoms with van der Waals surface area (Å²) in [6.45, 7) is 0. The van der Waals surface area contributed by atoms with Crippen LogP contribution >= 0.6 is 0 Å². The number of fused-ring (bicyclic) bond motifs is 8. The Morgan fingerprint density at radius 3 is 1.48 bits per heavy atom. The van der Waals surface area contributed by atoms with Crippen molar-refractivity contribution in [3.8, 4) is 0 Å². The predicted molar refractivity (Wildman–Crippen MR) is 102 cm³/mol. The van der Waals surface area contributed by atoms with Crippen LogP contribution in [0.3, 0.4) is 0 Å². The SMILES string of the molecule is CN1OC2C3CC(C4ON(C)C(c5ccccc5)C34)C2C1c1ccccc1. The van der Waals surface area contributed by atoms with Crippen molar-refractivity contribution in [2.45, 2.75) is 30.7 Å². The van der Waals surface area contributed by atoms with Crippen LogP contribution in [0.4, 0.5) is 0 Å². The van der Waals surface area contributed by atoms with Crippen LogP contribution in [0.2, 0.25) is 0 Å². The molecule has 8 unspecified atom stereocenters. The predicted octanol–water partition coefficient (Wildman–Crippen LogP) is 3.84. The Morgan fingerprint density at radius 2 is 1.07 bits per heavy atom. The van der Waals surface area contributed by atoms with Gasteiger partial charge in [0.15, 0.2) is 0 Å². The molecule has 4 nitrogen and oxygen atoms in total. The molecule has 2 heterocycles. The van der Waals surface area contributed by atoms with Gasteiger partial charge >= 0.3 is 0 Å². The molecular weight excluding hydrogens is 336 g/mol. The average molecular weight is 362 g/mol. The first kappa shape index (κ1) is 16.3. The highest BCUT2D eigenvalue weighted by molar-refractivity contribution is 5.28. The van der Waals surface area contributed by atoms with E-state index >= 15 is 0 Å². The van der Waals surface area contributed by atoms with Crippen LogP contribution < -0.4 is 0 Å². The zero-order valence-corrected chi connectivity index (χ0v) is 15.8. The van der Waals surface area contributed by atoms with Crippen LogP contribution in [0.5, 0.6) is 0 Å². The largest absolute Gasteiger partial charge is 0.295 e. The van der Waals surface area contributed by atoms with Gasteiger partial charge in [0.25, 0.3) is 0 Å². The lowest BCUT2D eigenvalue weighted by Gasteiger charge is -2.34. The Labute approximate surface area is 160 Å². The topological polar surface area (TPSA) is 24.9 Å². The van der Waals surface area contributed by atoms with E-state index in [-0.39, 0.29) is 0 Å². The highest BCUT2D eigenvalue weighted by Gasteiger charge is 2.69. The maximum atomic E-state index is 6.47. The highest BCUT2D eigenvalue weighted by Crippen LogP contribution is 2.66. The van der Waals surface area contributed by atoms with E-state index in [2.05, 4.69) is 84.9 Å². The molecule has 140 valence electrons. The van der Waals surface area contributed by atoms with Crippen LogP contribution in [0, 0.1) is 23.7 Å². The van der Waals surface area contributed by atoms with Crippen molar-refractivity contribution in [2.24, 2.45) is 23.7 Å². The van der Waals surface area contributed by atoms with Gasteiger partial charge in [-0.05, 0) is 29.4 Å². The van der Waals surface area contributed by atoms with E-state index in [1.807, 2.05) is 0 Å². The summed E-state index contributed by atoms with van der Waals surface area (Å²) in [5.74, 6) is 2.17. The van der Waals surface area contributed by atoms with Gasteiger partial charge in [-0.15, -0.1) is 0 Å². The molecule has 4 heteroatoms. The third kappa shape index (κ3) is 2.18. The Bertz CT molecular complexity index is 759. The van der Waals surface area contributed by atoms with Gasteiger partial charge in [-0.25, -0.2) is 0 Å². The molecule has 2 aromatic rings. The van der Waals surface area contributed by atoms with Gasteiger partial charge in [0.1, 0.15) is 0 Å². The second-order valence-electron chi connectivity index (χ2n) is 8.66. The fraction of sp³-hybridized carbons (Fsp3) is 0.478. The van der Waals surface area contributed by atoms with Gasteiger partial charge in [0, 0.05) is 25.9 Å². The van der Waals surface area contributed by atoms with E-state index in [9.17, 15) is 0 Å². The minimum absolute atomic E-state index is 0.313. The number of hydrogen-bond donors (Lipinski definition) is 0. The average Bonchev–Trinajstić information content (AvgIpc) is 3.40. The maximum Gasteiger partial charge on any atom is 0.0876 e. The monoisotopic (exact) mass is 362 g/mol. The molecule has 2 aliphatic carbocycles. The molecular formula is C23H26N2O2. The number of nitrogens with zero attached hydrogens (tertiary/aromatic N) is 2. The first-order valence-corrected chi connectivity index (χ1v) is 10.1. The number of hydroxylamine groups is 4. The Kier molecular flexibility index (Phi) is 3.54. The third-order valence-electron chi connectivity index (χ3n) is 7.51. The summed E-state index contributed by atoms with van der Waals surface area (Å²) in [6, 6.07) is 22.4. The van der Waals surface area contributed by atoms with Gasteiger partial charge in [-0.3, -0.25) is 9.68 Å². The summed E-state index contributed by atoms with van der Waals surface area (Å²) >= 11 is 0. The minimum Gasteiger partial charge on any atom is -0.295 e. The lowest BCUT2D eigenvalue weighted by Crippen LogP contribution is -2.40. The van der Waals surface area contributed by atoms with Crippen LogP contribution in [-0.2, 0) is 9.68 Å². The van der Waals surface area contributed by atoms with Crippen molar-refractivity contribution in [3.63, 3.8) is 0 Å². The van der Waals surface area contributed by atoms with Gasteiger partial charge in [0.2, 0.25) is 0 Å². The summed E-state index contributed by atoms with van der Waals surface area (Å²) < 4.78 is 0. The molecule has 2 saturated heterocycles. The van der Waals surface area contributed by atoms with Crippen molar-refractivity contribution < 1.29 is 9.68 Å². The molecule has 2 aromatic carbocycles. The van der Waals surface area contributed by atoms with Crippen LogP contribution in [-0.4, -0.2) is 36.4 Å². The van der Waals surface area contributed by atoms with Gasteiger partial charge in [-0.1, -0.05) is 60.7 Å². The fourth-order valence-corrected chi connectivity index (χ4v) is 6.68. The molecule has 8 atom stereocenters. The first-order chi connectivity index (χ1) is 13.2. The molecule has 2 saturated carbocycles. The van der Waals surface area contributed by atoms with Gasteiger partial charge in [-0.2, -0.15) is 10.1 Å². The second-order valence-corrected chi connectivity index (χ2v) is 8.66. The summed E-state index contributed by atoms with van der Waals surface area (Å²) in [7, 11) is 4.21. The van der Waals surface area contributed by atoms with E-state index in [0.29, 0.717) is 48.0 Å². The van der Waals surface area contributed by atoms with Gasteiger partial charge in [0.05, 0.1) is 24.3 Å². The zero-order valence-electron chi connectivity index (χ0n) is 15.8. The van der Waals surface area contributed by atoms with Crippen LogP contribution in [0.1, 0.15) is 29.6 Å². The third-order valence-corrected chi connectivity index (χ3v) is 7.51. The molecule has 6 rings (SSSR count). The van der Waals surface area contributed by atoms with E-state index < -0.39 is 0 Å². The molecule has 0 radical (unpaired) electrons. The molecule has 4 aliphatic rings. The standard InChI is InChI=1S/C23H26N2O2/c1-24-20(14-9-5-3-6-10-14)18-16-13-17(22(18)26-24)19-21(25(2)27-23(16)19)15-11-7-4-8-12-15/h3-12,16-23H,13H2,1-2H3. The molecule has 27 heavy (non-hydrogen) atoms. The normalized spacial score (nSPS) is 43.2. The summed E-state index contributed by atoms with van der Waals surface area (Å²) in [4.78, 5) is 12.9. The summed E-state index contributed by atoms with van der Waals surface area (Å²) in [5.41, 5.74) is 2.73. The summed E-state index contributed by atoms with van der Waals surface area (Å²) in [5, 5.41) is 4.23. The van der Waals surface area contributed by atoms with Crippen molar-refractivity contribution in [1.82, 2.24) is 10.1 Å². The van der Waals surface area contributed by atoms with Crippen molar-refractivity contribution >= 4 is 0 Å². The Balaban J connectivity index is 1.36. The minimum atomic E-state index is 0.313. The van der Waals surface area contributed by atoms with Crippen molar-refractivity contribution in [1.29, 1.82) is 0 Å². The van der Waals surface area contributed by atoms with Crippen LogP contribution in [0.25, 0.3) is 0 Å². The lowest BCUT2D eigenvalue weighted by molar-refractivity contribution is -0.165. The zero-order chi connectivity index (χ0) is 18.1. The smallest absolute Gasteiger partial charge is 0.0876 e. The number of hydrogen-bond acceptors (Lipinski definition) is 4. The Morgan fingerprint density at radius 1 is 0.667 bits per heavy atom. The molecule has 0 aromatic heterocycles. The van der Waals surface area contributed by atoms with Crippen molar-refractivity contribution in [3.05, 3.63) is 71.8 Å². The van der Waals surface area contributed by atoms with E-state index in [4.69, 9.17) is 9.68 Å². The second kappa shape index (κ2) is 5.89. The fourth-order valence-electron chi connectivity index (χ4n) is 6.68. The molecule has 0 amide bonds. The quantitative estimate of drug-likeness (QED) is 0.810.